The maximum atomic E-state index is 12.4. The van der Waals surface area contributed by atoms with Crippen LogP contribution in [0.3, 0.4) is 0 Å². The monoisotopic (exact) mass is 369 g/mol. The van der Waals surface area contributed by atoms with Gasteiger partial charge in [-0.2, -0.15) is 0 Å². The standard InChI is InChI=1S/C20H25N3O2.C2H6/c1-19(2,3)25-18(24)22-13-10-20(11-14-22)17-9-6-12-23(17)16-8-5-4-7-15(16)21-20;1-2/h4-9,12,21H,10-11,13-14H2,1-3H3;1-2H3. The van der Waals surface area contributed by atoms with Gasteiger partial charge in [-0.25, -0.2) is 4.79 Å². The summed E-state index contributed by atoms with van der Waals surface area (Å²) >= 11 is 0. The van der Waals surface area contributed by atoms with Gasteiger partial charge in [-0.05, 0) is 57.9 Å². The number of para-hydroxylation sites is 2. The quantitative estimate of drug-likeness (QED) is 0.698. The van der Waals surface area contributed by atoms with Gasteiger partial charge < -0.3 is 19.5 Å². The summed E-state index contributed by atoms with van der Waals surface area (Å²) in [5.41, 5.74) is 3.02. The Morgan fingerprint density at radius 3 is 2.41 bits per heavy atom. The number of hydrogen-bond acceptors (Lipinski definition) is 3. The fraction of sp³-hybridized carbons (Fsp3) is 0.500. The van der Waals surface area contributed by atoms with E-state index in [1.54, 1.807) is 0 Å². The average Bonchev–Trinajstić information content (AvgIpc) is 3.14. The van der Waals surface area contributed by atoms with Crippen LogP contribution in [0, 0.1) is 0 Å². The van der Waals surface area contributed by atoms with Crippen LogP contribution in [0.15, 0.2) is 42.6 Å². The number of ether oxygens (including phenoxy) is 1. The molecular weight excluding hydrogens is 338 g/mol. The van der Waals surface area contributed by atoms with E-state index < -0.39 is 5.60 Å². The number of likely N-dealkylation sites (tertiary alicyclic amines) is 1. The van der Waals surface area contributed by atoms with Crippen molar-refractivity contribution in [2.24, 2.45) is 0 Å². The minimum absolute atomic E-state index is 0.129. The molecule has 1 amide bonds. The number of anilines is 1. The third-order valence-electron chi connectivity index (χ3n) is 5.05. The number of nitrogens with one attached hydrogen (secondary N) is 1. The zero-order valence-corrected chi connectivity index (χ0v) is 17.1. The number of benzene rings is 1. The lowest BCUT2D eigenvalue weighted by Gasteiger charge is -2.46. The molecule has 0 bridgehead atoms. The van der Waals surface area contributed by atoms with E-state index in [2.05, 4.69) is 52.5 Å². The molecule has 1 saturated heterocycles. The lowest BCUT2D eigenvalue weighted by Crippen LogP contribution is -2.51. The molecule has 3 heterocycles. The van der Waals surface area contributed by atoms with E-state index in [9.17, 15) is 4.79 Å². The average molecular weight is 370 g/mol. The highest BCUT2D eigenvalue weighted by molar-refractivity contribution is 5.69. The molecule has 4 rings (SSSR count). The van der Waals surface area contributed by atoms with E-state index in [1.807, 2.05) is 39.5 Å². The Balaban J connectivity index is 0.00000102. The summed E-state index contributed by atoms with van der Waals surface area (Å²) in [6.45, 7) is 11.1. The van der Waals surface area contributed by atoms with Crippen LogP contribution in [-0.2, 0) is 10.3 Å². The van der Waals surface area contributed by atoms with Gasteiger partial charge in [0.1, 0.15) is 5.60 Å². The molecule has 0 atom stereocenters. The molecule has 5 heteroatoms. The Morgan fingerprint density at radius 2 is 1.74 bits per heavy atom. The smallest absolute Gasteiger partial charge is 0.410 e. The van der Waals surface area contributed by atoms with Crippen molar-refractivity contribution >= 4 is 11.8 Å². The van der Waals surface area contributed by atoms with Crippen LogP contribution in [0.25, 0.3) is 5.69 Å². The Morgan fingerprint density at radius 1 is 1.07 bits per heavy atom. The van der Waals surface area contributed by atoms with Crippen LogP contribution < -0.4 is 5.32 Å². The highest BCUT2D eigenvalue weighted by Gasteiger charge is 2.42. The lowest BCUT2D eigenvalue weighted by molar-refractivity contribution is 0.0172. The van der Waals surface area contributed by atoms with Crippen LogP contribution in [0.2, 0.25) is 0 Å². The van der Waals surface area contributed by atoms with Crippen LogP contribution in [0.1, 0.15) is 53.2 Å². The number of carbonyl (C=O) groups is 1. The molecule has 0 saturated carbocycles. The van der Waals surface area contributed by atoms with E-state index in [1.165, 1.54) is 11.4 Å². The Labute approximate surface area is 162 Å². The molecule has 2 aliphatic heterocycles. The topological polar surface area (TPSA) is 46.5 Å². The Hall–Kier alpha value is -2.43. The summed E-state index contributed by atoms with van der Waals surface area (Å²) in [7, 11) is 0. The first-order valence-corrected chi connectivity index (χ1v) is 9.91. The van der Waals surface area contributed by atoms with Crippen molar-refractivity contribution in [2.75, 3.05) is 18.4 Å². The largest absolute Gasteiger partial charge is 0.444 e. The predicted octanol–water partition coefficient (Wildman–Crippen LogP) is 5.16. The SMILES string of the molecule is CC.CC(C)(C)OC(=O)N1CCC2(CC1)Nc1ccccc1-n1cccc12. The van der Waals surface area contributed by atoms with Crippen LogP contribution in [0.4, 0.5) is 10.5 Å². The number of amides is 1. The third kappa shape index (κ3) is 3.68. The van der Waals surface area contributed by atoms with Gasteiger partial charge in [-0.1, -0.05) is 26.0 Å². The first-order chi connectivity index (χ1) is 12.9. The molecule has 2 aliphatic rings. The zero-order valence-electron chi connectivity index (χ0n) is 17.1. The number of rotatable bonds is 0. The van der Waals surface area contributed by atoms with Crippen molar-refractivity contribution in [3.63, 3.8) is 0 Å². The lowest BCUT2D eigenvalue weighted by atomic mass is 9.82. The molecule has 0 aliphatic carbocycles. The number of piperidine rings is 1. The van der Waals surface area contributed by atoms with Gasteiger partial charge in [-0.3, -0.25) is 0 Å². The second-order valence-corrected chi connectivity index (χ2v) is 7.96. The fourth-order valence-electron chi connectivity index (χ4n) is 3.87. The first-order valence-electron chi connectivity index (χ1n) is 9.91. The van der Waals surface area contributed by atoms with Gasteiger partial charge >= 0.3 is 6.09 Å². The summed E-state index contributed by atoms with van der Waals surface area (Å²) in [6.07, 6.45) is 3.64. The normalized spacial score (nSPS) is 17.1. The summed E-state index contributed by atoms with van der Waals surface area (Å²) in [5.74, 6) is 0. The Kier molecular flexibility index (Phi) is 5.22. The van der Waals surface area contributed by atoms with E-state index >= 15 is 0 Å². The number of fused-ring (bicyclic) bond motifs is 4. The molecule has 2 aromatic rings. The number of aromatic nitrogens is 1. The van der Waals surface area contributed by atoms with Gasteiger partial charge in [0.2, 0.25) is 0 Å². The van der Waals surface area contributed by atoms with Gasteiger partial charge in [-0.15, -0.1) is 0 Å². The third-order valence-corrected chi connectivity index (χ3v) is 5.05. The van der Waals surface area contributed by atoms with Crippen molar-refractivity contribution in [1.29, 1.82) is 0 Å². The number of hydrogen-bond donors (Lipinski definition) is 1. The minimum atomic E-state index is -0.455. The first kappa shape index (κ1) is 19.3. The van der Waals surface area contributed by atoms with E-state index in [4.69, 9.17) is 4.74 Å². The van der Waals surface area contributed by atoms with Crippen molar-refractivity contribution in [3.8, 4) is 5.69 Å². The summed E-state index contributed by atoms with van der Waals surface area (Å²) in [6, 6.07) is 12.7. The van der Waals surface area contributed by atoms with E-state index in [-0.39, 0.29) is 11.6 Å². The van der Waals surface area contributed by atoms with Crippen LogP contribution in [0.5, 0.6) is 0 Å². The van der Waals surface area contributed by atoms with Gasteiger partial charge in [0.25, 0.3) is 0 Å². The summed E-state index contributed by atoms with van der Waals surface area (Å²) < 4.78 is 7.80. The molecule has 1 aromatic heterocycles. The molecule has 5 nitrogen and oxygen atoms in total. The minimum Gasteiger partial charge on any atom is -0.444 e. The molecule has 1 spiro atoms. The van der Waals surface area contributed by atoms with Crippen LogP contribution in [-0.4, -0.2) is 34.3 Å². The molecule has 1 fully saturated rings. The maximum Gasteiger partial charge on any atom is 0.410 e. The Bertz CT molecular complexity index is 796. The van der Waals surface area contributed by atoms with Gasteiger partial charge in [0.15, 0.2) is 0 Å². The molecule has 146 valence electrons. The van der Waals surface area contributed by atoms with Crippen molar-refractivity contribution in [2.45, 2.75) is 58.6 Å². The van der Waals surface area contributed by atoms with Crippen LogP contribution >= 0.6 is 0 Å². The summed E-state index contributed by atoms with van der Waals surface area (Å²) in [5, 5.41) is 3.76. The van der Waals surface area contributed by atoms with Gasteiger partial charge in [0.05, 0.1) is 16.9 Å². The zero-order chi connectivity index (χ0) is 19.7. The van der Waals surface area contributed by atoms with E-state index in [0.29, 0.717) is 13.1 Å². The molecule has 1 N–H and O–H groups in total. The fourth-order valence-corrected chi connectivity index (χ4v) is 3.87. The molecular formula is C22H31N3O2. The second kappa shape index (κ2) is 7.29. The highest BCUT2D eigenvalue weighted by Crippen LogP contribution is 2.43. The van der Waals surface area contributed by atoms with Crippen molar-refractivity contribution in [1.82, 2.24) is 9.47 Å². The molecule has 0 radical (unpaired) electrons. The number of nitrogens with zero attached hydrogens (tertiary/aromatic N) is 2. The number of carbonyl (C=O) groups excluding carboxylic acids is 1. The van der Waals surface area contributed by atoms with Crippen molar-refractivity contribution in [3.05, 3.63) is 48.3 Å². The molecule has 0 unspecified atom stereocenters. The highest BCUT2D eigenvalue weighted by atomic mass is 16.6. The second-order valence-electron chi connectivity index (χ2n) is 7.96. The predicted molar refractivity (Wildman–Crippen MR) is 109 cm³/mol. The van der Waals surface area contributed by atoms with Gasteiger partial charge in [0, 0.05) is 25.0 Å². The molecule has 27 heavy (non-hydrogen) atoms. The maximum absolute atomic E-state index is 12.4. The summed E-state index contributed by atoms with van der Waals surface area (Å²) in [4.78, 5) is 14.2. The van der Waals surface area contributed by atoms with E-state index in [0.717, 1.165) is 18.5 Å². The molecule has 1 aromatic carbocycles. The van der Waals surface area contributed by atoms with Crippen molar-refractivity contribution < 1.29 is 9.53 Å².